The van der Waals surface area contributed by atoms with E-state index in [2.05, 4.69) is 10.6 Å². The molecule has 1 aromatic rings. The molecule has 0 atom stereocenters. The smallest absolute Gasteiger partial charge is 0.335 e. The van der Waals surface area contributed by atoms with Crippen molar-refractivity contribution >= 4 is 17.7 Å². The molecule has 0 heterocycles. The Bertz CT molecular complexity index is 517. The van der Waals surface area contributed by atoms with Gasteiger partial charge in [-0.15, -0.1) is 0 Å². The van der Waals surface area contributed by atoms with Crippen molar-refractivity contribution in [1.82, 2.24) is 5.32 Å². The molecule has 0 aliphatic rings. The molecular formula is C13H17FN2O4. The molecule has 1 rings (SSSR count). The second-order valence-corrected chi connectivity index (χ2v) is 4.77. The third-order valence-corrected chi connectivity index (χ3v) is 2.69. The average Bonchev–Trinajstić information content (AvgIpc) is 2.39. The molecule has 20 heavy (non-hydrogen) atoms. The Kier molecular flexibility index (Phi) is 5.04. The number of anilines is 1. The fourth-order valence-corrected chi connectivity index (χ4v) is 1.28. The van der Waals surface area contributed by atoms with E-state index >= 15 is 0 Å². The molecule has 0 saturated carbocycles. The quantitative estimate of drug-likeness (QED) is 0.772. The zero-order valence-corrected chi connectivity index (χ0v) is 11.5. The van der Waals surface area contributed by atoms with Crippen LogP contribution in [-0.2, 0) is 4.74 Å². The number of benzene rings is 1. The minimum atomic E-state index is -1.23. The average molecular weight is 284 g/mol. The zero-order chi connectivity index (χ0) is 15.3. The van der Waals surface area contributed by atoms with Gasteiger partial charge in [0.05, 0.1) is 16.9 Å². The Hall–Kier alpha value is -2.15. The predicted octanol–water partition coefficient (Wildman–Crippen LogP) is 2.07. The maximum absolute atomic E-state index is 13.6. The van der Waals surface area contributed by atoms with Crippen molar-refractivity contribution in [3.05, 3.63) is 29.6 Å². The van der Waals surface area contributed by atoms with Crippen LogP contribution < -0.4 is 10.6 Å². The van der Waals surface area contributed by atoms with E-state index in [1.807, 2.05) is 0 Å². The van der Waals surface area contributed by atoms with Gasteiger partial charge in [-0.05, 0) is 32.0 Å². The summed E-state index contributed by atoms with van der Waals surface area (Å²) in [6.07, 6.45) is 0. The Morgan fingerprint density at radius 1 is 1.40 bits per heavy atom. The van der Waals surface area contributed by atoms with E-state index in [1.54, 1.807) is 13.8 Å². The number of nitrogens with one attached hydrogen (secondary N) is 2. The number of rotatable bonds is 5. The van der Waals surface area contributed by atoms with E-state index in [0.717, 1.165) is 6.07 Å². The molecular weight excluding hydrogens is 267 g/mol. The van der Waals surface area contributed by atoms with Gasteiger partial charge in [0, 0.05) is 13.7 Å². The van der Waals surface area contributed by atoms with E-state index in [0.29, 0.717) is 0 Å². The highest BCUT2D eigenvalue weighted by Crippen LogP contribution is 2.15. The number of halogens is 1. The first-order chi connectivity index (χ1) is 9.25. The molecule has 7 heteroatoms. The van der Waals surface area contributed by atoms with Gasteiger partial charge in [-0.1, -0.05) is 0 Å². The monoisotopic (exact) mass is 284 g/mol. The summed E-state index contributed by atoms with van der Waals surface area (Å²) in [4.78, 5) is 22.2. The van der Waals surface area contributed by atoms with Crippen molar-refractivity contribution in [2.45, 2.75) is 19.4 Å². The third-order valence-electron chi connectivity index (χ3n) is 2.69. The molecule has 0 unspecified atom stereocenters. The largest absolute Gasteiger partial charge is 0.478 e. The van der Waals surface area contributed by atoms with Crippen LogP contribution >= 0.6 is 0 Å². The van der Waals surface area contributed by atoms with Crippen LogP contribution in [-0.4, -0.2) is 36.4 Å². The number of urea groups is 1. The molecule has 0 aliphatic carbocycles. The van der Waals surface area contributed by atoms with Gasteiger partial charge in [-0.25, -0.2) is 14.0 Å². The highest BCUT2D eigenvalue weighted by atomic mass is 19.1. The molecule has 0 saturated heterocycles. The normalized spacial score (nSPS) is 11.0. The van der Waals surface area contributed by atoms with Crippen molar-refractivity contribution in [3.8, 4) is 0 Å². The highest BCUT2D eigenvalue weighted by Gasteiger charge is 2.18. The Morgan fingerprint density at radius 2 is 2.05 bits per heavy atom. The molecule has 0 spiro atoms. The lowest BCUT2D eigenvalue weighted by Gasteiger charge is -2.23. The van der Waals surface area contributed by atoms with Crippen LogP contribution in [0.25, 0.3) is 0 Å². The lowest BCUT2D eigenvalue weighted by Crippen LogP contribution is -2.41. The number of carbonyl (C=O) groups is 2. The molecule has 0 bridgehead atoms. The standard InChI is InChI=1S/C13H17FN2O4/c1-13(2,20-3)7-15-12(19)16-10-5-4-8(11(17)18)6-9(10)14/h4-6H,7H2,1-3H3,(H,17,18)(H2,15,16,19). The van der Waals surface area contributed by atoms with Crippen LogP contribution in [0.5, 0.6) is 0 Å². The van der Waals surface area contributed by atoms with E-state index in [4.69, 9.17) is 9.84 Å². The van der Waals surface area contributed by atoms with Gasteiger partial charge in [0.15, 0.2) is 0 Å². The summed E-state index contributed by atoms with van der Waals surface area (Å²) in [7, 11) is 1.52. The fraction of sp³-hybridized carbons (Fsp3) is 0.385. The molecule has 110 valence electrons. The first-order valence-corrected chi connectivity index (χ1v) is 5.88. The lowest BCUT2D eigenvalue weighted by molar-refractivity contribution is 0.0257. The van der Waals surface area contributed by atoms with E-state index in [1.165, 1.54) is 19.2 Å². The van der Waals surface area contributed by atoms with Crippen molar-refractivity contribution in [1.29, 1.82) is 0 Å². The van der Waals surface area contributed by atoms with E-state index in [9.17, 15) is 14.0 Å². The summed E-state index contributed by atoms with van der Waals surface area (Å²) < 4.78 is 18.7. The topological polar surface area (TPSA) is 87.7 Å². The molecule has 0 aliphatic heterocycles. The Morgan fingerprint density at radius 3 is 2.55 bits per heavy atom. The Labute approximate surface area is 115 Å². The summed E-state index contributed by atoms with van der Waals surface area (Å²) >= 11 is 0. The van der Waals surface area contributed by atoms with Crippen LogP contribution in [0, 0.1) is 5.82 Å². The van der Waals surface area contributed by atoms with Crippen molar-refractivity contribution < 1.29 is 23.8 Å². The number of aromatic carboxylic acids is 1. The maximum atomic E-state index is 13.6. The summed E-state index contributed by atoms with van der Waals surface area (Å²) in [6.45, 7) is 3.81. The number of amides is 2. The van der Waals surface area contributed by atoms with Gasteiger partial charge < -0.3 is 20.5 Å². The van der Waals surface area contributed by atoms with Crippen LogP contribution in [0.15, 0.2) is 18.2 Å². The van der Waals surface area contributed by atoms with Gasteiger partial charge in [-0.3, -0.25) is 0 Å². The predicted molar refractivity (Wildman–Crippen MR) is 71.5 cm³/mol. The second kappa shape index (κ2) is 6.33. The second-order valence-electron chi connectivity index (χ2n) is 4.77. The van der Waals surface area contributed by atoms with E-state index in [-0.39, 0.29) is 17.8 Å². The molecule has 0 aromatic heterocycles. The number of methoxy groups -OCH3 is 1. The van der Waals surface area contributed by atoms with Gasteiger partial charge in [0.25, 0.3) is 0 Å². The van der Waals surface area contributed by atoms with E-state index < -0.39 is 23.4 Å². The number of hydrogen-bond acceptors (Lipinski definition) is 3. The van der Waals surface area contributed by atoms with Gasteiger partial charge in [0.1, 0.15) is 5.82 Å². The Balaban J connectivity index is 2.65. The first kappa shape index (κ1) is 15.9. The molecule has 0 radical (unpaired) electrons. The third kappa shape index (κ3) is 4.51. The number of hydrogen-bond donors (Lipinski definition) is 3. The van der Waals surface area contributed by atoms with Gasteiger partial charge >= 0.3 is 12.0 Å². The molecule has 1 aromatic carbocycles. The number of carbonyl (C=O) groups excluding carboxylic acids is 1. The number of carboxylic acid groups (broad SMARTS) is 1. The summed E-state index contributed by atoms with van der Waals surface area (Å²) in [5.41, 5.74) is -0.819. The lowest BCUT2D eigenvalue weighted by atomic mass is 10.1. The van der Waals surface area contributed by atoms with Gasteiger partial charge in [-0.2, -0.15) is 0 Å². The van der Waals surface area contributed by atoms with Crippen LogP contribution in [0.3, 0.4) is 0 Å². The molecule has 2 amide bonds. The van der Waals surface area contributed by atoms with Gasteiger partial charge in [0.2, 0.25) is 0 Å². The summed E-state index contributed by atoms with van der Waals surface area (Å²) in [6, 6.07) is 2.65. The summed E-state index contributed by atoms with van der Waals surface area (Å²) in [5, 5.41) is 13.5. The van der Waals surface area contributed by atoms with Crippen LogP contribution in [0.4, 0.5) is 14.9 Å². The minimum Gasteiger partial charge on any atom is -0.478 e. The fourth-order valence-electron chi connectivity index (χ4n) is 1.28. The van der Waals surface area contributed by atoms with Crippen LogP contribution in [0.2, 0.25) is 0 Å². The van der Waals surface area contributed by atoms with Crippen molar-refractivity contribution in [2.24, 2.45) is 0 Å². The molecule has 0 fully saturated rings. The molecule has 6 nitrogen and oxygen atoms in total. The molecule has 3 N–H and O–H groups in total. The summed E-state index contributed by atoms with van der Waals surface area (Å²) in [5.74, 6) is -2.05. The van der Waals surface area contributed by atoms with Crippen LogP contribution in [0.1, 0.15) is 24.2 Å². The highest BCUT2D eigenvalue weighted by molar-refractivity contribution is 5.91. The maximum Gasteiger partial charge on any atom is 0.335 e. The first-order valence-electron chi connectivity index (χ1n) is 5.88. The van der Waals surface area contributed by atoms with Crippen molar-refractivity contribution in [2.75, 3.05) is 19.0 Å². The zero-order valence-electron chi connectivity index (χ0n) is 11.5. The van der Waals surface area contributed by atoms with Crippen molar-refractivity contribution in [3.63, 3.8) is 0 Å². The number of ether oxygens (including phenoxy) is 1. The number of carboxylic acids is 1. The minimum absolute atomic E-state index is 0.0947. The SMILES string of the molecule is COC(C)(C)CNC(=O)Nc1ccc(C(=O)O)cc1F.